The first-order chi connectivity index (χ1) is 5.83. The maximum atomic E-state index is 11.2. The summed E-state index contributed by atoms with van der Waals surface area (Å²) in [7, 11) is -0.0614. The zero-order chi connectivity index (χ0) is 10.5. The van der Waals surface area contributed by atoms with Crippen molar-refractivity contribution in [1.82, 2.24) is 0 Å². The van der Waals surface area contributed by atoms with Gasteiger partial charge in [0.1, 0.15) is 6.54 Å². The summed E-state index contributed by atoms with van der Waals surface area (Å²) in [6.07, 6.45) is 0.560. The number of hydroxylamine groups is 3. The van der Waals surface area contributed by atoms with Crippen LogP contribution in [0, 0.1) is 0 Å². The molecule has 0 saturated heterocycles. The van der Waals surface area contributed by atoms with Gasteiger partial charge in [0.25, 0.3) is 0 Å². The second-order valence-electron chi connectivity index (χ2n) is 3.42. The van der Waals surface area contributed by atoms with E-state index in [0.717, 1.165) is 0 Å². The van der Waals surface area contributed by atoms with Gasteiger partial charge in [0.15, 0.2) is 0 Å². The number of hydrogen-bond donors (Lipinski definition) is 1. The molecule has 0 radical (unpaired) electrons. The van der Waals surface area contributed by atoms with Crippen molar-refractivity contribution >= 4 is 22.5 Å². The van der Waals surface area contributed by atoms with E-state index in [1.807, 2.05) is 0 Å². The highest BCUT2D eigenvalue weighted by Crippen LogP contribution is 2.05. The average molecular weight is 248 g/mol. The quantitative estimate of drug-likeness (QED) is 0.535. The largest absolute Gasteiger partial charge is 0.325 e. The minimum absolute atomic E-state index is 0. The molecule has 5 nitrogen and oxygen atoms in total. The van der Waals surface area contributed by atoms with Gasteiger partial charge in [0.05, 0.1) is 19.8 Å². The second kappa shape index (κ2) is 6.58. The molecule has 0 fully saturated rings. The number of nitrogens with zero attached hydrogens (tertiary/aromatic N) is 1. The molecule has 0 aromatic heterocycles. The first-order valence-electron chi connectivity index (χ1n) is 4.30. The number of halogens is 1. The molecule has 0 rings (SSSR count). The Morgan fingerprint density at radius 2 is 1.86 bits per heavy atom. The predicted molar refractivity (Wildman–Crippen MR) is 58.4 cm³/mol. The average Bonchev–Trinajstić information content (AvgIpc) is 1.82. The van der Waals surface area contributed by atoms with Crippen LogP contribution in [0.1, 0.15) is 13.3 Å². The van der Waals surface area contributed by atoms with Gasteiger partial charge in [0, 0.05) is 6.54 Å². The Morgan fingerprint density at radius 3 is 2.21 bits per heavy atom. The lowest BCUT2D eigenvalue weighted by Crippen LogP contribution is -2.45. The lowest BCUT2D eigenvalue weighted by atomic mass is 10.6. The van der Waals surface area contributed by atoms with Gasteiger partial charge in [-0.25, -0.2) is 0 Å². The van der Waals surface area contributed by atoms with Gasteiger partial charge in [-0.05, 0) is 6.42 Å². The monoisotopic (exact) mass is 247 g/mol. The number of likely N-dealkylation sites (N-methyl/N-ethyl adjacent to an activating group) is 1. The van der Waals surface area contributed by atoms with Gasteiger partial charge >= 0.3 is 10.1 Å². The lowest BCUT2D eigenvalue weighted by Gasteiger charge is -2.24. The smallest absolute Gasteiger partial charge is 0.314 e. The summed E-state index contributed by atoms with van der Waals surface area (Å²) in [6.45, 7) is 2.67. The summed E-state index contributed by atoms with van der Waals surface area (Å²) in [5.74, 6) is 0.0548. The third-order valence-electron chi connectivity index (χ3n) is 1.44. The highest BCUT2D eigenvalue weighted by molar-refractivity contribution is 7.86. The first kappa shape index (κ1) is 16.5. The minimum Gasteiger partial charge on any atom is -0.325 e. The Bertz CT molecular complexity index is 241. The van der Waals surface area contributed by atoms with Crippen LogP contribution in [0.4, 0.5) is 0 Å². The zero-order valence-electron chi connectivity index (χ0n) is 8.89. The third-order valence-corrected chi connectivity index (χ3v) is 2.98. The van der Waals surface area contributed by atoms with E-state index in [0.29, 0.717) is 19.5 Å². The molecule has 0 aromatic carbocycles. The molecular formula is C7H20ClN2O3S+. The maximum absolute atomic E-state index is 11.2. The minimum atomic E-state index is -3.39. The summed E-state index contributed by atoms with van der Waals surface area (Å²) in [4.78, 5) is 0. The SMILES string of the molecule is CCCS(=O)(=O)O[N+](C)(C)CCN.Cl. The molecule has 0 heterocycles. The molecular weight excluding hydrogens is 228 g/mol. The van der Waals surface area contributed by atoms with Crippen molar-refractivity contribution in [2.45, 2.75) is 13.3 Å². The molecule has 0 aliphatic heterocycles. The van der Waals surface area contributed by atoms with Crippen molar-refractivity contribution < 1.29 is 17.3 Å². The standard InChI is InChI=1S/C7H19N2O3S.ClH/c1-4-7-13(10,11)12-9(2,3)6-5-8;/h4-8H2,1-3H3;1H/q+1;. The second-order valence-corrected chi connectivity index (χ2v) is 5.10. The van der Waals surface area contributed by atoms with Crippen molar-refractivity contribution in [2.75, 3.05) is 32.9 Å². The van der Waals surface area contributed by atoms with E-state index in [1.165, 1.54) is 0 Å². The normalized spacial score (nSPS) is 12.3. The van der Waals surface area contributed by atoms with E-state index in [4.69, 9.17) is 10.0 Å². The van der Waals surface area contributed by atoms with Gasteiger partial charge < -0.3 is 5.73 Å². The van der Waals surface area contributed by atoms with E-state index in [2.05, 4.69) is 0 Å². The van der Waals surface area contributed by atoms with Crippen molar-refractivity contribution in [1.29, 1.82) is 0 Å². The molecule has 2 N–H and O–H groups in total. The van der Waals surface area contributed by atoms with Crippen LogP contribution in [0.15, 0.2) is 0 Å². The third kappa shape index (κ3) is 7.52. The topological polar surface area (TPSA) is 69.4 Å². The van der Waals surface area contributed by atoms with Crippen LogP contribution in [-0.2, 0) is 14.4 Å². The van der Waals surface area contributed by atoms with Crippen molar-refractivity contribution in [3.05, 3.63) is 0 Å². The molecule has 0 atom stereocenters. The van der Waals surface area contributed by atoms with E-state index in [-0.39, 0.29) is 22.8 Å². The van der Waals surface area contributed by atoms with Crippen LogP contribution in [-0.4, -0.2) is 46.0 Å². The van der Waals surface area contributed by atoms with Crippen LogP contribution >= 0.6 is 12.4 Å². The first-order valence-corrected chi connectivity index (χ1v) is 5.87. The van der Waals surface area contributed by atoms with Gasteiger partial charge in [-0.2, -0.15) is 13.1 Å². The molecule has 7 heteroatoms. The molecule has 88 valence electrons. The zero-order valence-corrected chi connectivity index (χ0v) is 10.5. The Morgan fingerprint density at radius 1 is 1.36 bits per heavy atom. The molecule has 0 spiro atoms. The summed E-state index contributed by atoms with van der Waals surface area (Å²) in [5.41, 5.74) is 5.32. The molecule has 0 amide bonds. The van der Waals surface area contributed by atoms with Gasteiger partial charge in [0.2, 0.25) is 0 Å². The number of quaternary nitrogens is 1. The Balaban J connectivity index is 0. The molecule has 0 bridgehead atoms. The summed E-state index contributed by atoms with van der Waals surface area (Å²) >= 11 is 0. The Labute approximate surface area is 92.3 Å². The highest BCUT2D eigenvalue weighted by atomic mass is 35.5. The molecule has 0 aliphatic rings. The molecule has 0 aliphatic carbocycles. The van der Waals surface area contributed by atoms with Crippen LogP contribution in [0.2, 0.25) is 0 Å². The van der Waals surface area contributed by atoms with Crippen molar-refractivity contribution in [2.24, 2.45) is 5.73 Å². The number of rotatable bonds is 6. The highest BCUT2D eigenvalue weighted by Gasteiger charge is 2.25. The van der Waals surface area contributed by atoms with Gasteiger partial charge in [-0.1, -0.05) is 11.2 Å². The molecule has 0 saturated carbocycles. The summed E-state index contributed by atoms with van der Waals surface area (Å²) < 4.78 is 27.4. The predicted octanol–water partition coefficient (Wildman–Crippen LogP) is 0.115. The van der Waals surface area contributed by atoms with Crippen LogP contribution < -0.4 is 5.73 Å². The fourth-order valence-electron chi connectivity index (χ4n) is 0.943. The summed E-state index contributed by atoms with van der Waals surface area (Å²) in [6, 6.07) is 0. The van der Waals surface area contributed by atoms with Crippen LogP contribution in [0.5, 0.6) is 0 Å². The van der Waals surface area contributed by atoms with E-state index in [9.17, 15) is 8.42 Å². The maximum Gasteiger partial charge on any atom is 0.314 e. The Kier molecular flexibility index (Phi) is 7.77. The molecule has 0 unspecified atom stereocenters. The fourth-order valence-corrected chi connectivity index (χ4v) is 2.21. The Hall–Kier alpha value is 0.120. The summed E-state index contributed by atoms with van der Waals surface area (Å²) in [5, 5.41) is 0. The van der Waals surface area contributed by atoms with Crippen molar-refractivity contribution in [3.63, 3.8) is 0 Å². The van der Waals surface area contributed by atoms with Crippen LogP contribution in [0.3, 0.4) is 0 Å². The molecule has 14 heavy (non-hydrogen) atoms. The van der Waals surface area contributed by atoms with E-state index >= 15 is 0 Å². The fraction of sp³-hybridized carbons (Fsp3) is 1.00. The van der Waals surface area contributed by atoms with E-state index in [1.54, 1.807) is 21.0 Å². The van der Waals surface area contributed by atoms with Crippen molar-refractivity contribution in [3.8, 4) is 0 Å². The van der Waals surface area contributed by atoms with Gasteiger partial charge in [-0.15, -0.1) is 12.4 Å². The van der Waals surface area contributed by atoms with Gasteiger partial charge in [-0.3, -0.25) is 0 Å². The number of nitrogens with two attached hydrogens (primary N) is 1. The number of hydrogen-bond acceptors (Lipinski definition) is 4. The van der Waals surface area contributed by atoms with Crippen LogP contribution in [0.25, 0.3) is 0 Å². The van der Waals surface area contributed by atoms with E-state index < -0.39 is 10.1 Å². The molecule has 0 aromatic rings. The lowest BCUT2D eigenvalue weighted by molar-refractivity contribution is -1.05.